The van der Waals surface area contributed by atoms with Gasteiger partial charge in [-0.15, -0.1) is 0 Å². The summed E-state index contributed by atoms with van der Waals surface area (Å²) in [5.74, 6) is -0.730. The Bertz CT molecular complexity index is 1370. The summed E-state index contributed by atoms with van der Waals surface area (Å²) >= 11 is 0. The number of ether oxygens (including phenoxy) is 1. The van der Waals surface area contributed by atoms with Crippen molar-refractivity contribution in [2.45, 2.75) is 51.6 Å². The van der Waals surface area contributed by atoms with E-state index in [0.717, 1.165) is 29.3 Å². The van der Waals surface area contributed by atoms with E-state index in [0.29, 0.717) is 35.1 Å². The third-order valence-electron chi connectivity index (χ3n) is 7.20. The van der Waals surface area contributed by atoms with Crippen LogP contribution in [0.25, 0.3) is 10.9 Å². The second kappa shape index (κ2) is 11.4. The number of hydrogen-bond acceptors (Lipinski definition) is 5. The van der Waals surface area contributed by atoms with E-state index in [2.05, 4.69) is 33.6 Å². The molecular formula is C29H33N5O4. The van der Waals surface area contributed by atoms with Gasteiger partial charge in [-0.1, -0.05) is 37.6 Å². The summed E-state index contributed by atoms with van der Waals surface area (Å²) in [6.45, 7) is 7.60. The number of aromatic amines is 1. The lowest BCUT2D eigenvalue weighted by molar-refractivity contribution is -0.125. The molecule has 2 aliphatic rings. The van der Waals surface area contributed by atoms with Crippen LogP contribution in [-0.2, 0) is 9.59 Å². The highest BCUT2D eigenvalue weighted by molar-refractivity contribution is 6.01. The number of fused-ring (bicyclic) bond motifs is 1. The van der Waals surface area contributed by atoms with E-state index in [-0.39, 0.29) is 12.3 Å². The molecule has 0 bridgehead atoms. The Morgan fingerprint density at radius 1 is 1.29 bits per heavy atom. The monoisotopic (exact) mass is 515 g/mol. The van der Waals surface area contributed by atoms with Crippen LogP contribution in [0.2, 0.25) is 0 Å². The maximum atomic E-state index is 13.3. The second-order valence-corrected chi connectivity index (χ2v) is 9.78. The number of methoxy groups -OCH3 is 1. The smallest absolute Gasteiger partial charge is 0.268 e. The van der Waals surface area contributed by atoms with Crippen molar-refractivity contribution in [2.75, 3.05) is 7.11 Å². The molecule has 9 heteroatoms. The first-order valence-electron chi connectivity index (χ1n) is 12.8. The molecule has 1 aliphatic heterocycles. The van der Waals surface area contributed by atoms with Crippen LogP contribution in [0.3, 0.4) is 0 Å². The first-order chi connectivity index (χ1) is 18.3. The average molecular weight is 516 g/mol. The first kappa shape index (κ1) is 26.7. The van der Waals surface area contributed by atoms with Gasteiger partial charge < -0.3 is 25.7 Å². The Labute approximate surface area is 222 Å². The van der Waals surface area contributed by atoms with Crippen LogP contribution in [0.15, 0.2) is 59.8 Å². The summed E-state index contributed by atoms with van der Waals surface area (Å²) in [6.07, 6.45) is 6.07. The number of aromatic nitrogens is 1. The van der Waals surface area contributed by atoms with E-state index >= 15 is 0 Å². The van der Waals surface area contributed by atoms with E-state index in [1.807, 2.05) is 38.1 Å². The molecule has 0 unspecified atom stereocenters. The molecular weight excluding hydrogens is 482 g/mol. The topological polar surface area (TPSA) is 136 Å². The zero-order valence-corrected chi connectivity index (χ0v) is 21.9. The quantitative estimate of drug-likeness (QED) is 0.362. The van der Waals surface area contributed by atoms with Gasteiger partial charge in [-0.25, -0.2) is 0 Å². The Kier molecular flexibility index (Phi) is 8.01. The lowest BCUT2D eigenvalue weighted by atomic mass is 9.91. The molecule has 0 saturated heterocycles. The zero-order valence-electron chi connectivity index (χ0n) is 21.9. The fraction of sp³-hybridized carbons (Fsp3) is 0.379. The molecule has 0 radical (unpaired) electrons. The molecule has 38 heavy (non-hydrogen) atoms. The van der Waals surface area contributed by atoms with Gasteiger partial charge in [-0.05, 0) is 62.0 Å². The summed E-state index contributed by atoms with van der Waals surface area (Å²) in [5, 5.41) is 19.0. The van der Waals surface area contributed by atoms with E-state index in [1.54, 1.807) is 19.3 Å². The van der Waals surface area contributed by atoms with Gasteiger partial charge in [0.15, 0.2) is 0 Å². The fourth-order valence-electron chi connectivity index (χ4n) is 4.78. The summed E-state index contributed by atoms with van der Waals surface area (Å²) < 4.78 is 5.37. The van der Waals surface area contributed by atoms with Crippen LogP contribution in [0.5, 0.6) is 5.75 Å². The predicted octanol–water partition coefficient (Wildman–Crippen LogP) is 3.63. The number of amides is 3. The van der Waals surface area contributed by atoms with Crippen LogP contribution >= 0.6 is 0 Å². The molecule has 1 aliphatic carbocycles. The van der Waals surface area contributed by atoms with Crippen molar-refractivity contribution >= 4 is 28.6 Å². The Morgan fingerprint density at radius 3 is 2.68 bits per heavy atom. The Hall–Kier alpha value is -4.32. The largest absolute Gasteiger partial charge is 0.496 e. The molecule has 1 fully saturated rings. The zero-order chi connectivity index (χ0) is 27.4. The molecule has 198 valence electrons. The van der Waals surface area contributed by atoms with Crippen molar-refractivity contribution in [1.82, 2.24) is 20.9 Å². The molecule has 2 heterocycles. The van der Waals surface area contributed by atoms with Crippen molar-refractivity contribution in [3.05, 3.63) is 65.5 Å². The van der Waals surface area contributed by atoms with Gasteiger partial charge in [0.05, 0.1) is 19.1 Å². The summed E-state index contributed by atoms with van der Waals surface area (Å²) in [5.41, 5.74) is 3.35. The van der Waals surface area contributed by atoms with E-state index < -0.39 is 29.8 Å². The summed E-state index contributed by atoms with van der Waals surface area (Å²) in [4.78, 5) is 42.2. The predicted molar refractivity (Wildman–Crippen MR) is 144 cm³/mol. The number of benzene rings is 1. The molecule has 9 nitrogen and oxygen atoms in total. The van der Waals surface area contributed by atoms with Crippen LogP contribution in [0, 0.1) is 23.2 Å². The van der Waals surface area contributed by atoms with Gasteiger partial charge in [-0.3, -0.25) is 14.4 Å². The van der Waals surface area contributed by atoms with Gasteiger partial charge in [0, 0.05) is 16.6 Å². The lowest BCUT2D eigenvalue weighted by Gasteiger charge is -2.21. The standard InChI is InChI=1S/C29H33N5O4/c1-5-16(3)26-19(6-2)20(27(35)34-26)13-18(15-30)31-28(36)23(12-17-10-11-17)33-29(37)24-14-21-22(32-24)8-7-9-25(21)38-4/h5-9,14,17-18,20,23,32H,2,10-13H2,1,3-4H3,(H,31,36)(H,33,37)(H,34,35)/b16-5-/t18-,20+,23-/m0/s1. The average Bonchev–Trinajstić information content (AvgIpc) is 3.53. The van der Waals surface area contributed by atoms with Gasteiger partial charge >= 0.3 is 0 Å². The normalized spacial score (nSPS) is 18.9. The number of nitriles is 1. The summed E-state index contributed by atoms with van der Waals surface area (Å²) in [6, 6.07) is 7.54. The molecule has 3 atom stereocenters. The van der Waals surface area contributed by atoms with Crippen LogP contribution < -0.4 is 20.7 Å². The van der Waals surface area contributed by atoms with Crippen molar-refractivity contribution < 1.29 is 19.1 Å². The van der Waals surface area contributed by atoms with Crippen LogP contribution in [-0.4, -0.2) is 41.9 Å². The highest BCUT2D eigenvalue weighted by atomic mass is 16.5. The number of hydrogen-bond donors (Lipinski definition) is 4. The van der Waals surface area contributed by atoms with Gasteiger partial charge in [0.2, 0.25) is 11.8 Å². The second-order valence-electron chi connectivity index (χ2n) is 9.78. The van der Waals surface area contributed by atoms with Crippen LogP contribution in [0.4, 0.5) is 0 Å². The molecule has 1 aromatic carbocycles. The third kappa shape index (κ3) is 5.65. The number of nitrogens with one attached hydrogen (secondary N) is 4. The van der Waals surface area contributed by atoms with E-state index in [1.165, 1.54) is 0 Å². The number of nitrogens with zero attached hydrogens (tertiary/aromatic N) is 1. The van der Waals surface area contributed by atoms with Crippen molar-refractivity contribution in [1.29, 1.82) is 5.26 Å². The summed E-state index contributed by atoms with van der Waals surface area (Å²) in [7, 11) is 1.56. The minimum absolute atomic E-state index is 0.0990. The number of allylic oxidation sites excluding steroid dienone is 3. The number of rotatable bonds is 11. The molecule has 0 spiro atoms. The maximum absolute atomic E-state index is 13.3. The third-order valence-corrected chi connectivity index (χ3v) is 7.20. The van der Waals surface area contributed by atoms with E-state index in [9.17, 15) is 19.6 Å². The highest BCUT2D eigenvalue weighted by Crippen LogP contribution is 2.34. The van der Waals surface area contributed by atoms with Gasteiger partial charge in [0.1, 0.15) is 23.5 Å². The first-order valence-corrected chi connectivity index (χ1v) is 12.8. The minimum Gasteiger partial charge on any atom is -0.496 e. The number of carbonyl (C=O) groups excluding carboxylic acids is 3. The molecule has 3 amide bonds. The van der Waals surface area contributed by atoms with Crippen LogP contribution in [0.1, 0.15) is 50.0 Å². The van der Waals surface area contributed by atoms with Crippen molar-refractivity contribution in [2.24, 2.45) is 11.8 Å². The maximum Gasteiger partial charge on any atom is 0.268 e. The van der Waals surface area contributed by atoms with Crippen molar-refractivity contribution in [3.63, 3.8) is 0 Å². The number of carbonyl (C=O) groups is 3. The Morgan fingerprint density at radius 2 is 2.05 bits per heavy atom. The van der Waals surface area contributed by atoms with E-state index in [4.69, 9.17) is 4.74 Å². The molecule has 4 rings (SSSR count). The Balaban J connectivity index is 1.48. The molecule has 1 saturated carbocycles. The lowest BCUT2D eigenvalue weighted by Crippen LogP contribution is -2.50. The SMILES string of the molecule is C=CC1=C(/C(C)=C\C)NC(=O)[C@@H]1C[C@@H](C#N)NC(=O)[C@H](CC1CC1)NC(=O)c1cc2c(OC)cccc2[nH]1. The highest BCUT2D eigenvalue weighted by Gasteiger charge is 2.36. The van der Waals surface area contributed by atoms with Gasteiger partial charge in [0.25, 0.3) is 5.91 Å². The molecule has 4 N–H and O–H groups in total. The fourth-order valence-corrected chi connectivity index (χ4v) is 4.78. The minimum atomic E-state index is -0.922. The number of H-pyrrole nitrogens is 1. The molecule has 2 aromatic rings. The van der Waals surface area contributed by atoms with Crippen molar-refractivity contribution in [3.8, 4) is 11.8 Å². The molecule has 1 aromatic heterocycles. The van der Waals surface area contributed by atoms with Gasteiger partial charge in [-0.2, -0.15) is 5.26 Å².